The number of carbonyl (C=O) groups is 1. The average Bonchev–Trinajstić information content (AvgIpc) is 2.66. The monoisotopic (exact) mass is 323 g/mol. The highest BCUT2D eigenvalue weighted by Crippen LogP contribution is 2.46. The Morgan fingerprint density at radius 2 is 1.35 bits per heavy atom. The van der Waals surface area contributed by atoms with Crippen LogP contribution in [0.15, 0.2) is 60.6 Å². The highest BCUT2D eigenvalue weighted by atomic mass is 19.3. The van der Waals surface area contributed by atoms with Crippen molar-refractivity contribution in [1.82, 2.24) is 0 Å². The van der Waals surface area contributed by atoms with E-state index < -0.39 is 29.1 Å². The second-order valence-electron chi connectivity index (χ2n) is 5.02. The van der Waals surface area contributed by atoms with Gasteiger partial charge in [-0.05, 0) is 11.1 Å². The fourth-order valence-electron chi connectivity index (χ4n) is 2.32. The predicted molar refractivity (Wildman–Crippen MR) is 70.2 cm³/mol. The second-order valence-corrected chi connectivity index (χ2v) is 5.02. The van der Waals surface area contributed by atoms with Gasteiger partial charge in [0, 0.05) is 17.9 Å². The number of halogens is 4. The first kappa shape index (κ1) is 15.2. The van der Waals surface area contributed by atoms with Crippen molar-refractivity contribution in [3.63, 3.8) is 0 Å². The largest absolute Gasteiger partial charge is 0.867 e. The zero-order chi connectivity index (χ0) is 16.8. The number of Topliss-reactive ketones (excluding diaryl/α,β-unsaturated/α-hetero) is 1. The van der Waals surface area contributed by atoms with Crippen molar-refractivity contribution in [1.29, 1.82) is 0 Å². The summed E-state index contributed by atoms with van der Waals surface area (Å²) in [5, 5.41) is 11.5. The molecule has 23 heavy (non-hydrogen) atoms. The number of hydrogen-bond donors (Lipinski definition) is 0. The van der Waals surface area contributed by atoms with E-state index in [1.54, 1.807) is 24.3 Å². The van der Waals surface area contributed by atoms with Crippen LogP contribution in [0, 0.1) is 0 Å². The summed E-state index contributed by atoms with van der Waals surface area (Å²) in [4.78, 5) is 11.5. The summed E-state index contributed by atoms with van der Waals surface area (Å²) >= 11 is 0. The molecule has 0 atom stereocenters. The summed E-state index contributed by atoms with van der Waals surface area (Å²) in [7, 11) is 0. The van der Waals surface area contributed by atoms with Crippen molar-refractivity contribution in [2.45, 2.75) is 11.8 Å². The first-order valence-electron chi connectivity index (χ1n) is 6.56. The van der Waals surface area contributed by atoms with E-state index in [0.29, 0.717) is 10.1 Å². The van der Waals surface area contributed by atoms with Gasteiger partial charge < -0.3 is 5.11 Å². The van der Waals surface area contributed by atoms with Crippen molar-refractivity contribution in [2.24, 2.45) is 0 Å². The number of nitrogens with zero attached hydrogens (tertiary/aromatic N) is 1. The van der Waals surface area contributed by atoms with Crippen molar-refractivity contribution in [3.8, 4) is 11.1 Å². The standard InChI is InChI=1S/C16H9F4NO2/c17-15(18)13(22)12(14(23)16(15,19)20)21-8-6-11(7-9-21)10-4-2-1-3-5-10/h1-9H. The molecule has 0 saturated heterocycles. The second kappa shape index (κ2) is 4.91. The Balaban J connectivity index is 2.04. The minimum Gasteiger partial charge on any atom is -0.867 e. The molecule has 1 aliphatic carbocycles. The molecule has 3 nitrogen and oxygen atoms in total. The Bertz CT molecular complexity index is 799. The molecule has 0 bridgehead atoms. The minimum atomic E-state index is -5.02. The molecule has 2 aromatic rings. The minimum absolute atomic E-state index is 0.680. The SMILES string of the molecule is O=C1C([n+]2ccc(-c3ccccc3)cc2)=C([O-])C(F)(F)C1(F)F. The van der Waals surface area contributed by atoms with Crippen LogP contribution in [-0.4, -0.2) is 17.6 Å². The van der Waals surface area contributed by atoms with E-state index in [1.165, 1.54) is 12.1 Å². The van der Waals surface area contributed by atoms with Crippen LogP contribution >= 0.6 is 0 Å². The van der Waals surface area contributed by atoms with Crippen LogP contribution in [0.25, 0.3) is 16.8 Å². The molecule has 1 heterocycles. The Kier molecular flexibility index (Phi) is 3.24. The van der Waals surface area contributed by atoms with Crippen LogP contribution in [0.3, 0.4) is 0 Å². The first-order valence-corrected chi connectivity index (χ1v) is 6.56. The summed E-state index contributed by atoms with van der Waals surface area (Å²) in [6.45, 7) is 0. The van der Waals surface area contributed by atoms with Gasteiger partial charge in [-0.2, -0.15) is 22.1 Å². The van der Waals surface area contributed by atoms with Crippen LogP contribution in [0.4, 0.5) is 17.6 Å². The molecule has 1 aromatic heterocycles. The smallest absolute Gasteiger partial charge is 0.381 e. The van der Waals surface area contributed by atoms with Gasteiger partial charge in [0.1, 0.15) is 0 Å². The number of benzene rings is 1. The van der Waals surface area contributed by atoms with E-state index in [2.05, 4.69) is 0 Å². The maximum atomic E-state index is 13.3. The van der Waals surface area contributed by atoms with Crippen molar-refractivity contribution in [3.05, 3.63) is 60.6 Å². The number of ketones is 1. The lowest BCUT2D eigenvalue weighted by Gasteiger charge is -2.21. The van der Waals surface area contributed by atoms with Gasteiger partial charge in [-0.15, -0.1) is 0 Å². The zero-order valence-electron chi connectivity index (χ0n) is 11.5. The number of aromatic nitrogens is 1. The summed E-state index contributed by atoms with van der Waals surface area (Å²) in [5.41, 5.74) is 0.253. The van der Waals surface area contributed by atoms with Gasteiger partial charge in [0.15, 0.2) is 12.4 Å². The van der Waals surface area contributed by atoms with E-state index in [4.69, 9.17) is 0 Å². The van der Waals surface area contributed by atoms with Gasteiger partial charge in [0.05, 0.1) is 0 Å². The molecule has 0 unspecified atom stereocenters. The van der Waals surface area contributed by atoms with Crippen LogP contribution < -0.4 is 9.67 Å². The number of rotatable bonds is 2. The molecule has 0 spiro atoms. The average molecular weight is 323 g/mol. The number of hydrogen-bond acceptors (Lipinski definition) is 2. The third-order valence-corrected chi connectivity index (χ3v) is 3.59. The van der Waals surface area contributed by atoms with E-state index in [9.17, 15) is 27.5 Å². The molecular weight excluding hydrogens is 314 g/mol. The van der Waals surface area contributed by atoms with Gasteiger partial charge in [-0.3, -0.25) is 4.79 Å². The van der Waals surface area contributed by atoms with Crippen LogP contribution in [-0.2, 0) is 4.79 Å². The summed E-state index contributed by atoms with van der Waals surface area (Å²) in [6, 6.07) is 11.9. The maximum Gasteiger partial charge on any atom is 0.381 e. The first-order chi connectivity index (χ1) is 10.8. The highest BCUT2D eigenvalue weighted by molar-refractivity contribution is 6.19. The molecule has 1 aliphatic rings. The van der Waals surface area contributed by atoms with Crippen molar-refractivity contribution in [2.75, 3.05) is 0 Å². The molecular formula is C16H9F4NO2. The summed E-state index contributed by atoms with van der Waals surface area (Å²) < 4.78 is 53.9. The van der Waals surface area contributed by atoms with Gasteiger partial charge >= 0.3 is 17.6 Å². The van der Waals surface area contributed by atoms with Crippen molar-refractivity contribution >= 4 is 11.5 Å². The Morgan fingerprint density at radius 1 is 0.826 bits per heavy atom. The molecule has 7 heteroatoms. The molecule has 118 valence electrons. The maximum absolute atomic E-state index is 13.3. The van der Waals surface area contributed by atoms with Crippen LogP contribution in [0.5, 0.6) is 0 Å². The number of allylic oxidation sites excluding steroid dienone is 2. The number of carbonyl (C=O) groups excluding carboxylic acids is 1. The van der Waals surface area contributed by atoms with Gasteiger partial charge in [0.2, 0.25) is 0 Å². The number of alkyl halides is 4. The molecule has 3 rings (SSSR count). The van der Waals surface area contributed by atoms with E-state index in [-0.39, 0.29) is 0 Å². The van der Waals surface area contributed by atoms with E-state index in [0.717, 1.165) is 18.0 Å². The Labute approximate surface area is 128 Å². The van der Waals surface area contributed by atoms with Gasteiger partial charge in [0.25, 0.3) is 5.70 Å². The lowest BCUT2D eigenvalue weighted by atomic mass is 10.1. The lowest BCUT2D eigenvalue weighted by Crippen LogP contribution is -2.45. The van der Waals surface area contributed by atoms with Crippen molar-refractivity contribution < 1.29 is 32.0 Å². The third-order valence-electron chi connectivity index (χ3n) is 3.59. The Morgan fingerprint density at radius 3 is 1.83 bits per heavy atom. The fraction of sp³-hybridized carbons (Fsp3) is 0.125. The fourth-order valence-corrected chi connectivity index (χ4v) is 2.32. The quantitative estimate of drug-likeness (QED) is 0.627. The number of pyridine rings is 1. The van der Waals surface area contributed by atoms with E-state index >= 15 is 0 Å². The van der Waals surface area contributed by atoms with Gasteiger partial charge in [-0.25, -0.2) is 0 Å². The van der Waals surface area contributed by atoms with E-state index in [1.807, 2.05) is 6.07 Å². The summed E-state index contributed by atoms with van der Waals surface area (Å²) in [6.07, 6.45) is 2.26. The molecule has 0 aliphatic heterocycles. The van der Waals surface area contributed by atoms with Crippen LogP contribution in [0.2, 0.25) is 0 Å². The van der Waals surface area contributed by atoms with Crippen LogP contribution in [0.1, 0.15) is 0 Å². The molecule has 0 saturated carbocycles. The zero-order valence-corrected chi connectivity index (χ0v) is 11.5. The normalized spacial score (nSPS) is 19.2. The topological polar surface area (TPSA) is 44.0 Å². The van der Waals surface area contributed by atoms with Gasteiger partial charge in [-0.1, -0.05) is 30.3 Å². The molecule has 1 aromatic carbocycles. The Hall–Kier alpha value is -2.70. The predicted octanol–water partition coefficient (Wildman–Crippen LogP) is 2.02. The third kappa shape index (κ3) is 2.11. The summed E-state index contributed by atoms with van der Waals surface area (Å²) in [5.74, 6) is -14.4. The highest BCUT2D eigenvalue weighted by Gasteiger charge is 2.70. The molecule has 0 fully saturated rings. The molecule has 0 amide bonds. The lowest BCUT2D eigenvalue weighted by molar-refractivity contribution is -0.582. The molecule has 0 N–H and O–H groups in total. The molecule has 0 radical (unpaired) electrons.